The van der Waals surface area contributed by atoms with E-state index >= 15 is 0 Å². The Kier molecular flexibility index (Phi) is 7.34. The van der Waals surface area contributed by atoms with Crippen LogP contribution < -0.4 is 14.9 Å². The predicted octanol–water partition coefficient (Wildman–Crippen LogP) is 8.15. The lowest BCUT2D eigenvalue weighted by molar-refractivity contribution is -0.154. The highest BCUT2D eigenvalue weighted by atomic mass is 35.5. The van der Waals surface area contributed by atoms with Crippen molar-refractivity contribution in [1.82, 2.24) is 0 Å². The smallest absolute Gasteiger partial charge is 0.449 e. The quantitative estimate of drug-likeness (QED) is 0.143. The number of rotatable bonds is 5. The number of aryl methyl sites for hydroxylation is 2. The van der Waals surface area contributed by atoms with Gasteiger partial charge in [0.2, 0.25) is 11.2 Å². The monoisotopic (exact) mass is 548 g/mol. The number of alkyl halides is 3. The standard InChI is InChI=1S/C27H17Cl2F3O5/c1-14-3-4-15(2)21(11-14)36-25-24(34)18-8-7-17(13-22(18)37-26(25)27(30,31)32)35-23(33)10-6-16-5-9-19(28)20(29)12-16/h3-13H,1-2H3/b10-6+. The van der Waals surface area contributed by atoms with E-state index < -0.39 is 34.7 Å². The van der Waals surface area contributed by atoms with Gasteiger partial charge in [0.15, 0.2) is 0 Å². The van der Waals surface area contributed by atoms with Gasteiger partial charge in [0.05, 0.1) is 15.4 Å². The highest BCUT2D eigenvalue weighted by Crippen LogP contribution is 2.39. The van der Waals surface area contributed by atoms with E-state index in [1.54, 1.807) is 38.1 Å². The van der Waals surface area contributed by atoms with Gasteiger partial charge in [-0.25, -0.2) is 4.79 Å². The van der Waals surface area contributed by atoms with Crippen molar-refractivity contribution in [2.45, 2.75) is 20.0 Å². The van der Waals surface area contributed by atoms with Crippen LogP contribution in [-0.4, -0.2) is 5.97 Å². The molecule has 1 aromatic heterocycles. The van der Waals surface area contributed by atoms with E-state index in [1.807, 2.05) is 0 Å². The molecular formula is C27H17Cl2F3O5. The summed E-state index contributed by atoms with van der Waals surface area (Å²) in [6.07, 6.45) is -2.51. The molecule has 190 valence electrons. The molecule has 4 aromatic rings. The van der Waals surface area contributed by atoms with Crippen LogP contribution in [0.15, 0.2) is 69.9 Å². The fourth-order valence-electron chi connectivity index (χ4n) is 3.36. The molecule has 0 saturated carbocycles. The SMILES string of the molecule is Cc1ccc(C)c(Oc2c(C(F)(F)F)oc3cc(OC(=O)/C=C/c4ccc(Cl)c(Cl)c4)ccc3c2=O)c1. The van der Waals surface area contributed by atoms with Gasteiger partial charge in [0.1, 0.15) is 17.1 Å². The Labute approximate surface area is 218 Å². The van der Waals surface area contributed by atoms with E-state index in [9.17, 15) is 22.8 Å². The van der Waals surface area contributed by atoms with Gasteiger partial charge < -0.3 is 13.9 Å². The number of halogens is 5. The molecule has 0 bridgehead atoms. The molecule has 5 nitrogen and oxygen atoms in total. The maximum absolute atomic E-state index is 13.8. The van der Waals surface area contributed by atoms with E-state index in [0.29, 0.717) is 21.2 Å². The van der Waals surface area contributed by atoms with Crippen molar-refractivity contribution in [3.8, 4) is 17.2 Å². The molecule has 1 heterocycles. The lowest BCUT2D eigenvalue weighted by atomic mass is 10.1. The van der Waals surface area contributed by atoms with E-state index in [0.717, 1.165) is 17.7 Å². The van der Waals surface area contributed by atoms with Crippen LogP contribution in [0.2, 0.25) is 10.0 Å². The second-order valence-corrected chi connectivity index (χ2v) is 8.86. The van der Waals surface area contributed by atoms with Crippen molar-refractivity contribution in [2.75, 3.05) is 0 Å². The summed E-state index contributed by atoms with van der Waals surface area (Å²) in [5.41, 5.74) is 0.395. The van der Waals surface area contributed by atoms with Crippen LogP contribution in [0.4, 0.5) is 13.2 Å². The van der Waals surface area contributed by atoms with Gasteiger partial charge in [-0.15, -0.1) is 0 Å². The number of carbonyl (C=O) groups excluding carboxylic acids is 1. The topological polar surface area (TPSA) is 65.7 Å². The molecule has 0 unspecified atom stereocenters. The highest BCUT2D eigenvalue weighted by Gasteiger charge is 2.40. The van der Waals surface area contributed by atoms with Gasteiger partial charge in [-0.05, 0) is 66.9 Å². The third-order valence-electron chi connectivity index (χ3n) is 5.21. The van der Waals surface area contributed by atoms with Crippen LogP contribution in [0.25, 0.3) is 17.0 Å². The number of fused-ring (bicyclic) bond motifs is 1. The fraction of sp³-hybridized carbons (Fsp3) is 0.111. The molecule has 0 aliphatic carbocycles. The Bertz CT molecular complexity index is 1610. The van der Waals surface area contributed by atoms with Gasteiger partial charge in [-0.3, -0.25) is 4.79 Å². The normalized spacial score (nSPS) is 11.8. The van der Waals surface area contributed by atoms with Crippen molar-refractivity contribution in [1.29, 1.82) is 0 Å². The zero-order valence-electron chi connectivity index (χ0n) is 19.3. The number of carbonyl (C=O) groups is 1. The summed E-state index contributed by atoms with van der Waals surface area (Å²) in [7, 11) is 0. The fourth-order valence-corrected chi connectivity index (χ4v) is 3.66. The van der Waals surface area contributed by atoms with Crippen molar-refractivity contribution < 1.29 is 31.9 Å². The van der Waals surface area contributed by atoms with Crippen molar-refractivity contribution in [2.24, 2.45) is 0 Å². The first-order valence-corrected chi connectivity index (χ1v) is 11.5. The van der Waals surface area contributed by atoms with E-state index in [1.165, 1.54) is 30.3 Å². The molecule has 0 N–H and O–H groups in total. The minimum absolute atomic E-state index is 0.0939. The van der Waals surface area contributed by atoms with Crippen LogP contribution in [0.1, 0.15) is 22.5 Å². The summed E-state index contributed by atoms with van der Waals surface area (Å²) in [4.78, 5) is 25.2. The summed E-state index contributed by atoms with van der Waals surface area (Å²) >= 11 is 11.8. The van der Waals surface area contributed by atoms with Crippen molar-refractivity contribution in [3.63, 3.8) is 0 Å². The third kappa shape index (κ3) is 5.98. The summed E-state index contributed by atoms with van der Waals surface area (Å²) in [5.74, 6) is -3.44. The molecular weight excluding hydrogens is 532 g/mol. The molecule has 3 aromatic carbocycles. The Balaban J connectivity index is 1.67. The molecule has 0 saturated heterocycles. The molecule has 0 aliphatic rings. The zero-order chi connectivity index (χ0) is 26.9. The van der Waals surface area contributed by atoms with Crippen LogP contribution in [0, 0.1) is 13.8 Å². The maximum Gasteiger partial charge on any atom is 0.453 e. The summed E-state index contributed by atoms with van der Waals surface area (Å²) in [5, 5.41) is 0.461. The van der Waals surface area contributed by atoms with Gasteiger partial charge in [-0.1, -0.05) is 41.4 Å². The third-order valence-corrected chi connectivity index (χ3v) is 5.95. The number of benzene rings is 3. The summed E-state index contributed by atoms with van der Waals surface area (Å²) < 4.78 is 57.2. The van der Waals surface area contributed by atoms with E-state index in [2.05, 4.69) is 0 Å². The lowest BCUT2D eigenvalue weighted by Crippen LogP contribution is -2.16. The second-order valence-electron chi connectivity index (χ2n) is 8.04. The Morgan fingerprint density at radius 1 is 0.973 bits per heavy atom. The minimum Gasteiger partial charge on any atom is -0.449 e. The first kappa shape index (κ1) is 26.3. The highest BCUT2D eigenvalue weighted by molar-refractivity contribution is 6.42. The number of esters is 1. The zero-order valence-corrected chi connectivity index (χ0v) is 20.8. The van der Waals surface area contributed by atoms with E-state index in [-0.39, 0.29) is 16.9 Å². The van der Waals surface area contributed by atoms with Gasteiger partial charge >= 0.3 is 12.1 Å². The molecule has 10 heteroatoms. The molecule has 0 aliphatic heterocycles. The van der Waals surface area contributed by atoms with Crippen LogP contribution >= 0.6 is 23.2 Å². The number of hydrogen-bond acceptors (Lipinski definition) is 5. The summed E-state index contributed by atoms with van der Waals surface area (Å²) in [6.45, 7) is 3.38. The molecule has 37 heavy (non-hydrogen) atoms. The molecule has 0 spiro atoms. The Morgan fingerprint density at radius 2 is 1.73 bits per heavy atom. The largest absolute Gasteiger partial charge is 0.453 e. The van der Waals surface area contributed by atoms with Crippen molar-refractivity contribution in [3.05, 3.63) is 103 Å². The predicted molar refractivity (Wildman–Crippen MR) is 135 cm³/mol. The van der Waals surface area contributed by atoms with Gasteiger partial charge in [0.25, 0.3) is 5.76 Å². The second kappa shape index (κ2) is 10.3. The van der Waals surface area contributed by atoms with Crippen LogP contribution in [0.3, 0.4) is 0 Å². The first-order valence-electron chi connectivity index (χ1n) is 10.7. The molecule has 0 radical (unpaired) electrons. The van der Waals surface area contributed by atoms with Crippen LogP contribution in [0.5, 0.6) is 17.2 Å². The van der Waals surface area contributed by atoms with E-state index in [4.69, 9.17) is 37.1 Å². The minimum atomic E-state index is -5.03. The van der Waals surface area contributed by atoms with Gasteiger partial charge in [0, 0.05) is 12.1 Å². The average molecular weight is 549 g/mol. The Hall–Kier alpha value is -3.75. The Morgan fingerprint density at radius 3 is 2.43 bits per heavy atom. The lowest BCUT2D eigenvalue weighted by Gasteiger charge is -2.15. The number of hydrogen-bond donors (Lipinski definition) is 0. The first-order chi connectivity index (χ1) is 17.4. The molecule has 0 fully saturated rings. The summed E-state index contributed by atoms with van der Waals surface area (Å²) in [6, 6.07) is 13.1. The molecule has 0 atom stereocenters. The molecule has 0 amide bonds. The maximum atomic E-state index is 13.8. The number of ether oxygens (including phenoxy) is 2. The van der Waals surface area contributed by atoms with Crippen LogP contribution in [-0.2, 0) is 11.0 Å². The van der Waals surface area contributed by atoms with Crippen molar-refractivity contribution >= 4 is 46.2 Å². The average Bonchev–Trinajstić information content (AvgIpc) is 2.83. The molecule has 4 rings (SSSR count). The van der Waals surface area contributed by atoms with Gasteiger partial charge in [-0.2, -0.15) is 13.2 Å².